The first-order valence-electron chi connectivity index (χ1n) is 4.49. The standard InChI is InChI=1S/C9H5BrF3NO2S/c10-6-1-3-5(15)2-4(7(3)17-6)14-8(16)9(11,12)13/h1,4H,2H2,(H,14,16). The fraction of sp³-hybridized carbons (Fsp3) is 0.333. The monoisotopic (exact) mass is 327 g/mol. The van der Waals surface area contributed by atoms with Crippen LogP contribution in [0.3, 0.4) is 0 Å². The number of Topliss-reactive ketones (excluding diaryl/α,β-unsaturated/α-hetero) is 1. The molecule has 0 spiro atoms. The van der Waals surface area contributed by atoms with Gasteiger partial charge in [-0.15, -0.1) is 11.3 Å². The summed E-state index contributed by atoms with van der Waals surface area (Å²) in [5, 5.41) is 1.82. The molecule has 3 nitrogen and oxygen atoms in total. The Morgan fingerprint density at radius 3 is 2.76 bits per heavy atom. The summed E-state index contributed by atoms with van der Waals surface area (Å²) in [5.41, 5.74) is 0.384. The summed E-state index contributed by atoms with van der Waals surface area (Å²) in [6, 6.07) is 0.685. The first-order chi connectivity index (χ1) is 7.79. The highest BCUT2D eigenvalue weighted by Crippen LogP contribution is 2.40. The van der Waals surface area contributed by atoms with Crippen molar-refractivity contribution in [2.45, 2.75) is 18.6 Å². The second-order valence-corrected chi connectivity index (χ2v) is 5.94. The Bertz CT molecular complexity index is 497. The number of halogens is 4. The van der Waals surface area contributed by atoms with Gasteiger partial charge in [0.1, 0.15) is 0 Å². The van der Waals surface area contributed by atoms with Crippen LogP contribution in [0.4, 0.5) is 13.2 Å². The number of fused-ring (bicyclic) bond motifs is 1. The minimum absolute atomic E-state index is 0.115. The summed E-state index contributed by atoms with van der Waals surface area (Å²) in [6.07, 6.45) is -5.05. The molecule has 0 aliphatic heterocycles. The third kappa shape index (κ3) is 2.37. The third-order valence-electron chi connectivity index (χ3n) is 2.30. The van der Waals surface area contributed by atoms with Gasteiger partial charge < -0.3 is 5.32 Å². The second-order valence-electron chi connectivity index (χ2n) is 3.48. The Morgan fingerprint density at radius 2 is 2.18 bits per heavy atom. The molecule has 1 heterocycles. The van der Waals surface area contributed by atoms with Crippen LogP contribution in [-0.4, -0.2) is 17.9 Å². The smallest absolute Gasteiger partial charge is 0.340 e. The fourth-order valence-electron chi connectivity index (χ4n) is 1.60. The Kier molecular flexibility index (Phi) is 3.03. The molecule has 1 amide bonds. The van der Waals surface area contributed by atoms with E-state index in [1.54, 1.807) is 6.07 Å². The fourth-order valence-corrected chi connectivity index (χ4v) is 3.30. The zero-order chi connectivity index (χ0) is 12.8. The molecule has 2 rings (SSSR count). The highest BCUT2D eigenvalue weighted by atomic mass is 79.9. The van der Waals surface area contributed by atoms with Crippen LogP contribution in [-0.2, 0) is 4.79 Å². The van der Waals surface area contributed by atoms with Crippen molar-refractivity contribution >= 4 is 39.0 Å². The number of hydrogen-bond acceptors (Lipinski definition) is 3. The molecule has 0 fully saturated rings. The topological polar surface area (TPSA) is 46.2 Å². The molecular formula is C9H5BrF3NO2S. The van der Waals surface area contributed by atoms with E-state index in [2.05, 4.69) is 15.9 Å². The lowest BCUT2D eigenvalue weighted by Crippen LogP contribution is -2.38. The molecule has 92 valence electrons. The van der Waals surface area contributed by atoms with E-state index in [1.165, 1.54) is 0 Å². The zero-order valence-corrected chi connectivity index (χ0v) is 10.5. The molecule has 17 heavy (non-hydrogen) atoms. The van der Waals surface area contributed by atoms with E-state index >= 15 is 0 Å². The predicted molar refractivity (Wildman–Crippen MR) is 57.9 cm³/mol. The molecule has 0 saturated carbocycles. The van der Waals surface area contributed by atoms with Crippen LogP contribution in [0, 0.1) is 0 Å². The van der Waals surface area contributed by atoms with Crippen LogP contribution in [0.25, 0.3) is 0 Å². The molecule has 0 aromatic carbocycles. The highest BCUT2D eigenvalue weighted by Gasteiger charge is 2.42. The molecule has 0 radical (unpaired) electrons. The molecule has 0 saturated heterocycles. The lowest BCUT2D eigenvalue weighted by molar-refractivity contribution is -0.174. The quantitative estimate of drug-likeness (QED) is 0.862. The molecule has 1 aliphatic rings. The van der Waals surface area contributed by atoms with E-state index < -0.39 is 18.1 Å². The first-order valence-corrected chi connectivity index (χ1v) is 6.10. The van der Waals surface area contributed by atoms with Crippen LogP contribution in [0.15, 0.2) is 9.85 Å². The molecular weight excluding hydrogens is 323 g/mol. The molecule has 1 aromatic rings. The van der Waals surface area contributed by atoms with Crippen molar-refractivity contribution in [1.82, 2.24) is 5.32 Å². The van der Waals surface area contributed by atoms with Gasteiger partial charge in [0, 0.05) is 16.9 Å². The largest absolute Gasteiger partial charge is 0.471 e. The van der Waals surface area contributed by atoms with Crippen LogP contribution < -0.4 is 5.32 Å². The van der Waals surface area contributed by atoms with E-state index in [0.717, 1.165) is 11.3 Å². The van der Waals surface area contributed by atoms with E-state index in [9.17, 15) is 22.8 Å². The van der Waals surface area contributed by atoms with Crippen LogP contribution in [0.2, 0.25) is 0 Å². The number of nitrogens with one attached hydrogen (secondary N) is 1. The number of thiophene rings is 1. The molecule has 1 aliphatic carbocycles. The average molecular weight is 328 g/mol. The minimum Gasteiger partial charge on any atom is -0.340 e. The molecule has 8 heteroatoms. The summed E-state index contributed by atoms with van der Waals surface area (Å²) in [4.78, 5) is 22.7. The van der Waals surface area contributed by atoms with Crippen molar-refractivity contribution in [2.75, 3.05) is 0 Å². The van der Waals surface area contributed by atoms with E-state index in [4.69, 9.17) is 0 Å². The van der Waals surface area contributed by atoms with Crippen molar-refractivity contribution in [3.8, 4) is 0 Å². The van der Waals surface area contributed by atoms with Gasteiger partial charge in [-0.1, -0.05) is 0 Å². The number of ketones is 1. The number of amides is 1. The van der Waals surface area contributed by atoms with Gasteiger partial charge >= 0.3 is 12.1 Å². The Hall–Kier alpha value is -0.890. The van der Waals surface area contributed by atoms with Crippen molar-refractivity contribution in [3.63, 3.8) is 0 Å². The maximum atomic E-state index is 12.1. The van der Waals surface area contributed by atoms with Gasteiger partial charge in [-0.25, -0.2) is 0 Å². The lowest BCUT2D eigenvalue weighted by atomic mass is 10.2. The van der Waals surface area contributed by atoms with Crippen molar-refractivity contribution in [3.05, 3.63) is 20.3 Å². The number of carbonyl (C=O) groups is 2. The zero-order valence-electron chi connectivity index (χ0n) is 8.10. The number of alkyl halides is 3. The summed E-state index contributed by atoms with van der Waals surface area (Å²) in [6.45, 7) is 0. The first kappa shape index (κ1) is 12.6. The number of rotatable bonds is 1. The van der Waals surface area contributed by atoms with Gasteiger partial charge in [0.15, 0.2) is 5.78 Å². The molecule has 1 atom stereocenters. The summed E-state index contributed by atoms with van der Waals surface area (Å²) < 4.78 is 36.9. The molecule has 1 aromatic heterocycles. The van der Waals surface area contributed by atoms with Crippen LogP contribution >= 0.6 is 27.3 Å². The van der Waals surface area contributed by atoms with Gasteiger partial charge in [0.25, 0.3) is 0 Å². The maximum absolute atomic E-state index is 12.1. The molecule has 0 bridgehead atoms. The number of carbonyl (C=O) groups excluding carboxylic acids is 2. The Balaban J connectivity index is 2.21. The highest BCUT2D eigenvalue weighted by molar-refractivity contribution is 9.11. The summed E-state index contributed by atoms with van der Waals surface area (Å²) in [7, 11) is 0. The van der Waals surface area contributed by atoms with Gasteiger partial charge in [-0.2, -0.15) is 13.2 Å². The van der Waals surface area contributed by atoms with Crippen molar-refractivity contribution in [2.24, 2.45) is 0 Å². The second kappa shape index (κ2) is 4.09. The van der Waals surface area contributed by atoms with Gasteiger partial charge in [-0.3, -0.25) is 9.59 Å². The normalized spacial score (nSPS) is 19.3. The Morgan fingerprint density at radius 1 is 1.53 bits per heavy atom. The Labute approximate surface area is 106 Å². The van der Waals surface area contributed by atoms with Crippen molar-refractivity contribution < 1.29 is 22.8 Å². The maximum Gasteiger partial charge on any atom is 0.471 e. The van der Waals surface area contributed by atoms with Crippen LogP contribution in [0.5, 0.6) is 0 Å². The minimum atomic E-state index is -4.93. The van der Waals surface area contributed by atoms with Gasteiger partial charge in [0.2, 0.25) is 0 Å². The lowest BCUT2D eigenvalue weighted by Gasteiger charge is -2.13. The summed E-state index contributed by atoms with van der Waals surface area (Å²) in [5.74, 6) is -2.28. The van der Waals surface area contributed by atoms with E-state index in [1.807, 2.05) is 5.32 Å². The van der Waals surface area contributed by atoms with Crippen molar-refractivity contribution in [1.29, 1.82) is 0 Å². The third-order valence-corrected chi connectivity index (χ3v) is 4.05. The molecule has 1 N–H and O–H groups in total. The van der Waals surface area contributed by atoms with Gasteiger partial charge in [0.05, 0.1) is 9.83 Å². The summed E-state index contributed by atoms with van der Waals surface area (Å²) >= 11 is 4.30. The predicted octanol–water partition coefficient (Wildman–Crippen LogP) is 2.82. The van der Waals surface area contributed by atoms with Gasteiger partial charge in [-0.05, 0) is 22.0 Å². The average Bonchev–Trinajstić information content (AvgIpc) is 2.67. The molecule has 1 unspecified atom stereocenters. The number of hydrogen-bond donors (Lipinski definition) is 1. The van der Waals surface area contributed by atoms with Crippen LogP contribution in [0.1, 0.15) is 27.7 Å². The van der Waals surface area contributed by atoms with E-state index in [-0.39, 0.29) is 12.2 Å². The SMILES string of the molecule is O=C1CC(NC(=O)C(F)(F)F)c2sc(Br)cc21. The van der Waals surface area contributed by atoms with E-state index in [0.29, 0.717) is 14.2 Å².